The second-order valence-electron chi connectivity index (χ2n) is 4.51. The van der Waals surface area contributed by atoms with Gasteiger partial charge in [-0.15, -0.1) is 0 Å². The lowest BCUT2D eigenvalue weighted by Gasteiger charge is -2.23. The fourth-order valence-corrected chi connectivity index (χ4v) is 2.38. The van der Waals surface area contributed by atoms with Gasteiger partial charge in [-0.25, -0.2) is 4.79 Å². The van der Waals surface area contributed by atoms with Gasteiger partial charge in [-0.1, -0.05) is 0 Å². The quantitative estimate of drug-likeness (QED) is 0.618. The van der Waals surface area contributed by atoms with Gasteiger partial charge in [0.15, 0.2) is 0 Å². The van der Waals surface area contributed by atoms with E-state index in [1.807, 2.05) is 0 Å². The van der Waals surface area contributed by atoms with Gasteiger partial charge in [-0.3, -0.25) is 14.9 Å². The van der Waals surface area contributed by atoms with Crippen LogP contribution in [0.3, 0.4) is 0 Å². The lowest BCUT2D eigenvalue weighted by molar-refractivity contribution is -0.384. The van der Waals surface area contributed by atoms with Crippen molar-refractivity contribution in [2.24, 2.45) is 5.73 Å². The molecule has 0 saturated carbocycles. The molecular formula is C12H13N3O5. The highest BCUT2D eigenvalue weighted by molar-refractivity contribution is 5.94. The number of hydrogen-bond donors (Lipinski definition) is 2. The van der Waals surface area contributed by atoms with Gasteiger partial charge in [0.2, 0.25) is 5.91 Å². The third-order valence-electron chi connectivity index (χ3n) is 3.30. The SMILES string of the molecule is NC(=O)c1ccc(N2CCC[C@H]2C(=O)O)c([N+](=O)[O-])c1. The van der Waals surface area contributed by atoms with E-state index in [1.54, 1.807) is 0 Å². The maximum atomic E-state index is 11.2. The highest BCUT2D eigenvalue weighted by Gasteiger charge is 2.34. The number of carboxylic acid groups (broad SMARTS) is 1. The fraction of sp³-hybridized carbons (Fsp3) is 0.333. The number of aliphatic carboxylic acids is 1. The standard InChI is InChI=1S/C12H13N3O5/c13-11(16)7-3-4-8(10(6-7)15(19)20)14-5-1-2-9(14)12(17)18/h3-4,6,9H,1-2,5H2,(H2,13,16)(H,17,18)/t9-/m0/s1. The molecule has 20 heavy (non-hydrogen) atoms. The second kappa shape index (κ2) is 5.16. The molecule has 0 aromatic heterocycles. The average Bonchev–Trinajstić information content (AvgIpc) is 2.86. The van der Waals surface area contributed by atoms with Crippen molar-refractivity contribution in [2.75, 3.05) is 11.4 Å². The zero-order valence-electron chi connectivity index (χ0n) is 10.5. The van der Waals surface area contributed by atoms with Crippen molar-refractivity contribution in [1.29, 1.82) is 0 Å². The Balaban J connectivity index is 2.48. The lowest BCUT2D eigenvalue weighted by atomic mass is 10.1. The maximum absolute atomic E-state index is 11.2. The number of nitro groups is 1. The van der Waals surface area contributed by atoms with E-state index in [4.69, 9.17) is 10.8 Å². The molecule has 0 aliphatic carbocycles. The Bertz CT molecular complexity index is 586. The molecule has 1 atom stereocenters. The summed E-state index contributed by atoms with van der Waals surface area (Å²) in [6.07, 6.45) is 1.08. The average molecular weight is 279 g/mol. The van der Waals surface area contributed by atoms with Crippen LogP contribution in [0.5, 0.6) is 0 Å². The van der Waals surface area contributed by atoms with Gasteiger partial charge in [-0.2, -0.15) is 0 Å². The predicted molar refractivity (Wildman–Crippen MR) is 69.6 cm³/mol. The van der Waals surface area contributed by atoms with Crippen LogP contribution in [0, 0.1) is 10.1 Å². The third-order valence-corrected chi connectivity index (χ3v) is 3.30. The summed E-state index contributed by atoms with van der Waals surface area (Å²) in [5, 5.41) is 20.2. The molecule has 8 nitrogen and oxygen atoms in total. The molecule has 2 rings (SSSR count). The van der Waals surface area contributed by atoms with Crippen molar-refractivity contribution >= 4 is 23.3 Å². The third kappa shape index (κ3) is 2.40. The number of nitrogens with two attached hydrogens (primary N) is 1. The number of nitrogens with zero attached hydrogens (tertiary/aromatic N) is 2. The van der Waals surface area contributed by atoms with Crippen LogP contribution in [0.1, 0.15) is 23.2 Å². The molecule has 1 saturated heterocycles. The van der Waals surface area contributed by atoms with Gasteiger partial charge >= 0.3 is 5.97 Å². The summed E-state index contributed by atoms with van der Waals surface area (Å²) in [5.74, 6) is -1.79. The molecule has 0 bridgehead atoms. The zero-order valence-corrected chi connectivity index (χ0v) is 10.5. The Kier molecular flexibility index (Phi) is 3.55. The van der Waals surface area contributed by atoms with Crippen LogP contribution < -0.4 is 10.6 Å². The Morgan fingerprint density at radius 3 is 2.70 bits per heavy atom. The number of benzene rings is 1. The van der Waals surface area contributed by atoms with Gasteiger partial charge in [-0.05, 0) is 25.0 Å². The van der Waals surface area contributed by atoms with E-state index in [1.165, 1.54) is 17.0 Å². The maximum Gasteiger partial charge on any atom is 0.326 e. The van der Waals surface area contributed by atoms with E-state index in [2.05, 4.69) is 0 Å². The summed E-state index contributed by atoms with van der Waals surface area (Å²) in [4.78, 5) is 34.2. The second-order valence-corrected chi connectivity index (χ2v) is 4.51. The molecule has 1 amide bonds. The Morgan fingerprint density at radius 2 is 2.15 bits per heavy atom. The summed E-state index contributed by atoms with van der Waals surface area (Å²) in [7, 11) is 0. The predicted octanol–water partition coefficient (Wildman–Crippen LogP) is 0.747. The van der Waals surface area contributed by atoms with E-state index < -0.39 is 22.8 Å². The summed E-state index contributed by atoms with van der Waals surface area (Å²) in [6.45, 7) is 0.424. The Morgan fingerprint density at radius 1 is 1.45 bits per heavy atom. The van der Waals surface area contributed by atoms with Gasteiger partial charge in [0, 0.05) is 18.2 Å². The number of amides is 1. The first-order chi connectivity index (χ1) is 9.41. The summed E-state index contributed by atoms with van der Waals surface area (Å²) < 4.78 is 0. The number of carboxylic acids is 1. The van der Waals surface area contributed by atoms with Crippen molar-refractivity contribution in [2.45, 2.75) is 18.9 Å². The van der Waals surface area contributed by atoms with Gasteiger partial charge < -0.3 is 15.7 Å². The van der Waals surface area contributed by atoms with Crippen molar-refractivity contribution in [1.82, 2.24) is 0 Å². The van der Waals surface area contributed by atoms with Crippen molar-refractivity contribution in [3.05, 3.63) is 33.9 Å². The van der Waals surface area contributed by atoms with E-state index in [0.29, 0.717) is 19.4 Å². The molecule has 1 aliphatic rings. The van der Waals surface area contributed by atoms with Crippen molar-refractivity contribution < 1.29 is 19.6 Å². The van der Waals surface area contributed by atoms with E-state index in [0.717, 1.165) is 6.07 Å². The minimum Gasteiger partial charge on any atom is -0.480 e. The van der Waals surface area contributed by atoms with Gasteiger partial charge in [0.05, 0.1) is 4.92 Å². The van der Waals surface area contributed by atoms with Crippen molar-refractivity contribution in [3.8, 4) is 0 Å². The number of hydrogen-bond acceptors (Lipinski definition) is 5. The lowest BCUT2D eigenvalue weighted by Crippen LogP contribution is -2.36. The van der Waals surface area contributed by atoms with E-state index in [9.17, 15) is 19.7 Å². The van der Waals surface area contributed by atoms with E-state index >= 15 is 0 Å². The monoisotopic (exact) mass is 279 g/mol. The molecular weight excluding hydrogens is 266 g/mol. The number of primary amides is 1. The fourth-order valence-electron chi connectivity index (χ4n) is 2.38. The smallest absolute Gasteiger partial charge is 0.326 e. The number of carbonyl (C=O) groups excluding carboxylic acids is 1. The molecule has 1 aromatic rings. The van der Waals surface area contributed by atoms with Crippen LogP contribution in [-0.4, -0.2) is 34.5 Å². The largest absolute Gasteiger partial charge is 0.480 e. The highest BCUT2D eigenvalue weighted by Crippen LogP contribution is 2.34. The zero-order chi connectivity index (χ0) is 14.9. The topological polar surface area (TPSA) is 127 Å². The van der Waals surface area contributed by atoms with E-state index in [-0.39, 0.29) is 16.9 Å². The van der Waals surface area contributed by atoms with Crippen LogP contribution in [0.15, 0.2) is 18.2 Å². The molecule has 1 fully saturated rings. The number of anilines is 1. The first-order valence-electron chi connectivity index (χ1n) is 5.99. The summed E-state index contributed by atoms with van der Waals surface area (Å²) >= 11 is 0. The molecule has 1 heterocycles. The molecule has 1 aromatic carbocycles. The first kappa shape index (κ1) is 13.8. The molecule has 0 radical (unpaired) electrons. The van der Waals surface area contributed by atoms with Crippen LogP contribution in [0.4, 0.5) is 11.4 Å². The molecule has 3 N–H and O–H groups in total. The summed E-state index contributed by atoms with van der Waals surface area (Å²) in [6, 6.07) is 3.03. The number of carbonyl (C=O) groups is 2. The van der Waals surface area contributed by atoms with Crippen LogP contribution >= 0.6 is 0 Å². The van der Waals surface area contributed by atoms with Crippen LogP contribution in [0.2, 0.25) is 0 Å². The molecule has 106 valence electrons. The molecule has 0 spiro atoms. The van der Waals surface area contributed by atoms with Gasteiger partial charge in [0.25, 0.3) is 5.69 Å². The summed E-state index contributed by atoms with van der Waals surface area (Å²) in [5.41, 5.74) is 5.00. The molecule has 8 heteroatoms. The number of nitro benzene ring substituents is 1. The number of rotatable bonds is 4. The highest BCUT2D eigenvalue weighted by atomic mass is 16.6. The van der Waals surface area contributed by atoms with Crippen molar-refractivity contribution in [3.63, 3.8) is 0 Å². The van der Waals surface area contributed by atoms with Crippen LogP contribution in [-0.2, 0) is 4.79 Å². The van der Waals surface area contributed by atoms with Crippen LogP contribution in [0.25, 0.3) is 0 Å². The molecule has 1 aliphatic heterocycles. The Labute approximate surface area is 113 Å². The minimum atomic E-state index is -1.02. The normalized spacial score (nSPS) is 18.0. The first-order valence-corrected chi connectivity index (χ1v) is 5.99. The minimum absolute atomic E-state index is 0.0199. The van der Waals surface area contributed by atoms with Gasteiger partial charge in [0.1, 0.15) is 11.7 Å². The Hall–Kier alpha value is -2.64. The molecule has 0 unspecified atom stereocenters.